The molecule has 104 valence electrons. The van der Waals surface area contributed by atoms with Crippen LogP contribution in [0.5, 0.6) is 0 Å². The van der Waals surface area contributed by atoms with Crippen molar-refractivity contribution in [3.05, 3.63) is 45.8 Å². The van der Waals surface area contributed by atoms with E-state index >= 15 is 0 Å². The zero-order valence-electron chi connectivity index (χ0n) is 11.6. The Morgan fingerprint density at radius 1 is 1.45 bits per heavy atom. The number of hydrogen-bond donors (Lipinski definition) is 0. The van der Waals surface area contributed by atoms with Gasteiger partial charge in [-0.05, 0) is 32.9 Å². The van der Waals surface area contributed by atoms with Crippen LogP contribution in [0.4, 0.5) is 4.79 Å². The molecule has 0 bridgehead atoms. The number of halogens is 1. The van der Waals surface area contributed by atoms with Gasteiger partial charge in [0.25, 0.3) is 0 Å². The minimum Gasteiger partial charge on any atom is -0.443 e. The van der Waals surface area contributed by atoms with E-state index in [2.05, 4.69) is 20.8 Å². The van der Waals surface area contributed by atoms with Crippen molar-refractivity contribution in [2.75, 3.05) is 0 Å². The van der Waals surface area contributed by atoms with E-state index in [4.69, 9.17) is 11.3 Å². The number of hydrogen-bond acceptors (Lipinski definition) is 2. The molecule has 0 N–H and O–H groups in total. The van der Waals surface area contributed by atoms with Gasteiger partial charge in [-0.2, -0.15) is 0 Å². The molecule has 0 amide bonds. The molecule has 2 rings (SSSR count). The zero-order valence-corrected chi connectivity index (χ0v) is 13.2. The van der Waals surface area contributed by atoms with Gasteiger partial charge in [-0.15, -0.1) is 0 Å². The summed E-state index contributed by atoms with van der Waals surface area (Å²) in [6, 6.07) is 5.66. The lowest BCUT2D eigenvalue weighted by molar-refractivity contribution is 0.0544. The first-order chi connectivity index (χ1) is 9.31. The number of fused-ring (bicyclic) bond motifs is 1. The van der Waals surface area contributed by atoms with Crippen LogP contribution in [0.25, 0.3) is 15.7 Å². The fourth-order valence-electron chi connectivity index (χ4n) is 1.94. The maximum atomic E-state index is 12.3. The van der Waals surface area contributed by atoms with Gasteiger partial charge in [0.2, 0.25) is 6.54 Å². The summed E-state index contributed by atoms with van der Waals surface area (Å²) < 4.78 is 7.74. The first kappa shape index (κ1) is 14.6. The molecule has 0 unspecified atom stereocenters. The van der Waals surface area contributed by atoms with Gasteiger partial charge in [-0.1, -0.05) is 22.0 Å². The standard InChI is InChI=1S/C15H15BrN2O2/c1-15(2,3)20-14(19)18-9-10(8-17-4)12-6-5-11(16)7-13(12)18/h5-7,9H,8H2,1-3H3. The van der Waals surface area contributed by atoms with Crippen LogP contribution in [-0.4, -0.2) is 16.3 Å². The minimum atomic E-state index is -0.556. The summed E-state index contributed by atoms with van der Waals surface area (Å²) in [6.07, 6.45) is 1.25. The molecule has 0 aliphatic heterocycles. The molecule has 1 heterocycles. The van der Waals surface area contributed by atoms with Crippen molar-refractivity contribution in [3.8, 4) is 0 Å². The topological polar surface area (TPSA) is 35.6 Å². The molecule has 0 aliphatic carbocycles. The van der Waals surface area contributed by atoms with Crippen LogP contribution in [0.1, 0.15) is 26.3 Å². The number of nitrogens with zero attached hydrogens (tertiary/aromatic N) is 2. The molecule has 1 aromatic heterocycles. The molecule has 4 nitrogen and oxygen atoms in total. The van der Waals surface area contributed by atoms with E-state index in [0.717, 1.165) is 20.9 Å². The monoisotopic (exact) mass is 334 g/mol. The predicted octanol–water partition coefficient (Wildman–Crippen LogP) is 4.61. The molecule has 0 aliphatic rings. The van der Waals surface area contributed by atoms with Crippen molar-refractivity contribution in [1.82, 2.24) is 4.57 Å². The van der Waals surface area contributed by atoms with Gasteiger partial charge in [0.15, 0.2) is 0 Å². The first-order valence-electron chi connectivity index (χ1n) is 6.18. The summed E-state index contributed by atoms with van der Waals surface area (Å²) in [5.41, 5.74) is 1.01. The van der Waals surface area contributed by atoms with Crippen LogP contribution in [0.3, 0.4) is 0 Å². The number of benzene rings is 1. The van der Waals surface area contributed by atoms with E-state index in [9.17, 15) is 4.79 Å². The van der Waals surface area contributed by atoms with Crippen molar-refractivity contribution in [2.24, 2.45) is 0 Å². The van der Waals surface area contributed by atoms with Gasteiger partial charge in [0.05, 0.1) is 11.1 Å². The van der Waals surface area contributed by atoms with Crippen molar-refractivity contribution in [1.29, 1.82) is 0 Å². The number of carbonyl (C=O) groups excluding carboxylic acids is 1. The van der Waals surface area contributed by atoms with Gasteiger partial charge in [-0.3, -0.25) is 4.57 Å². The Morgan fingerprint density at radius 2 is 2.15 bits per heavy atom. The molecule has 0 saturated carbocycles. The Bertz CT molecular complexity index is 705. The van der Waals surface area contributed by atoms with Crippen LogP contribution in [0.2, 0.25) is 0 Å². The quantitative estimate of drug-likeness (QED) is 0.714. The van der Waals surface area contributed by atoms with Crippen LogP contribution in [0, 0.1) is 6.57 Å². The summed E-state index contributed by atoms with van der Waals surface area (Å²) in [4.78, 5) is 15.6. The van der Waals surface area contributed by atoms with Gasteiger partial charge < -0.3 is 9.58 Å². The Hall–Kier alpha value is -1.80. The summed E-state index contributed by atoms with van der Waals surface area (Å²) in [5.74, 6) is 0. The number of ether oxygens (including phenoxy) is 1. The normalized spacial score (nSPS) is 11.3. The van der Waals surface area contributed by atoms with Gasteiger partial charge in [-0.25, -0.2) is 11.4 Å². The molecule has 2 aromatic rings. The van der Waals surface area contributed by atoms with Gasteiger partial charge in [0, 0.05) is 16.1 Å². The summed E-state index contributed by atoms with van der Waals surface area (Å²) >= 11 is 3.40. The molecule has 0 atom stereocenters. The maximum Gasteiger partial charge on any atom is 0.419 e. The summed E-state index contributed by atoms with van der Waals surface area (Å²) in [5, 5.41) is 0.898. The number of rotatable bonds is 1. The maximum absolute atomic E-state index is 12.3. The lowest BCUT2D eigenvalue weighted by Gasteiger charge is -2.19. The molecule has 1 aromatic carbocycles. The van der Waals surface area contributed by atoms with Crippen LogP contribution in [-0.2, 0) is 11.3 Å². The highest BCUT2D eigenvalue weighted by molar-refractivity contribution is 9.10. The minimum absolute atomic E-state index is 0.244. The Labute approximate surface area is 126 Å². The molecule has 0 saturated heterocycles. The molecule has 20 heavy (non-hydrogen) atoms. The smallest absolute Gasteiger partial charge is 0.419 e. The SMILES string of the molecule is [C-]#[N+]Cc1cn(C(=O)OC(C)(C)C)c2cc(Br)ccc12. The molecule has 0 radical (unpaired) electrons. The van der Waals surface area contributed by atoms with E-state index in [1.165, 1.54) is 4.57 Å². The number of carbonyl (C=O) groups is 1. The van der Waals surface area contributed by atoms with Crippen molar-refractivity contribution in [2.45, 2.75) is 32.9 Å². The molecule has 0 fully saturated rings. The second-order valence-electron chi connectivity index (χ2n) is 5.48. The lowest BCUT2D eigenvalue weighted by Crippen LogP contribution is -2.26. The van der Waals surface area contributed by atoms with E-state index in [0.29, 0.717) is 0 Å². The Kier molecular flexibility index (Phi) is 3.87. The average molecular weight is 335 g/mol. The predicted molar refractivity (Wildman–Crippen MR) is 81.6 cm³/mol. The van der Waals surface area contributed by atoms with Gasteiger partial charge >= 0.3 is 6.09 Å². The second kappa shape index (κ2) is 5.29. The lowest BCUT2D eigenvalue weighted by atomic mass is 10.2. The average Bonchev–Trinajstić information content (AvgIpc) is 2.66. The largest absolute Gasteiger partial charge is 0.443 e. The molecule has 5 heteroatoms. The number of aromatic nitrogens is 1. The fraction of sp³-hybridized carbons (Fsp3) is 0.333. The van der Waals surface area contributed by atoms with Crippen molar-refractivity contribution >= 4 is 32.9 Å². The van der Waals surface area contributed by atoms with Crippen molar-refractivity contribution < 1.29 is 9.53 Å². The third kappa shape index (κ3) is 3.02. The van der Waals surface area contributed by atoms with Gasteiger partial charge in [0.1, 0.15) is 5.60 Å². The van der Waals surface area contributed by atoms with E-state index in [1.54, 1.807) is 6.20 Å². The molecule has 0 spiro atoms. The summed E-state index contributed by atoms with van der Waals surface area (Å²) in [6.45, 7) is 12.7. The van der Waals surface area contributed by atoms with Crippen LogP contribution < -0.4 is 0 Å². The van der Waals surface area contributed by atoms with Crippen LogP contribution in [0.15, 0.2) is 28.9 Å². The third-order valence-electron chi connectivity index (χ3n) is 2.69. The van der Waals surface area contributed by atoms with E-state index in [-0.39, 0.29) is 6.54 Å². The first-order valence-corrected chi connectivity index (χ1v) is 6.97. The highest BCUT2D eigenvalue weighted by Gasteiger charge is 2.21. The summed E-state index contributed by atoms with van der Waals surface area (Å²) in [7, 11) is 0. The van der Waals surface area contributed by atoms with E-state index < -0.39 is 11.7 Å². The van der Waals surface area contributed by atoms with Crippen LogP contribution >= 0.6 is 15.9 Å². The Balaban J connectivity index is 2.55. The highest BCUT2D eigenvalue weighted by atomic mass is 79.9. The fourth-order valence-corrected chi connectivity index (χ4v) is 2.29. The van der Waals surface area contributed by atoms with E-state index in [1.807, 2.05) is 39.0 Å². The second-order valence-corrected chi connectivity index (χ2v) is 6.40. The molecular weight excluding hydrogens is 320 g/mol. The highest BCUT2D eigenvalue weighted by Crippen LogP contribution is 2.26. The molecular formula is C15H15BrN2O2. The Morgan fingerprint density at radius 3 is 2.75 bits per heavy atom. The third-order valence-corrected chi connectivity index (χ3v) is 3.18. The zero-order chi connectivity index (χ0) is 14.9. The van der Waals surface area contributed by atoms with Crippen molar-refractivity contribution in [3.63, 3.8) is 0 Å².